The smallest absolute Gasteiger partial charge is 0.340 e. The molecular weight excluding hydrogens is 485 g/mol. The lowest BCUT2D eigenvalue weighted by Gasteiger charge is -2.31. The predicted octanol–water partition coefficient (Wildman–Crippen LogP) is 6.93. The highest BCUT2D eigenvalue weighted by Gasteiger charge is 2.35. The summed E-state index contributed by atoms with van der Waals surface area (Å²) < 4.78 is 33.1. The number of carbonyl (C=O) groups excluding carboxylic acids is 1. The van der Waals surface area contributed by atoms with E-state index in [0.29, 0.717) is 46.9 Å². The predicted molar refractivity (Wildman–Crippen MR) is 145 cm³/mol. The van der Waals surface area contributed by atoms with Crippen molar-refractivity contribution in [1.29, 1.82) is 0 Å². The number of pyridine rings is 1. The molecule has 1 N–H and O–H groups in total. The SMILES string of the molecule is CCOC(=O)[C@@H](OC(C)(C)C)c1c(C)nc(C)c(-c2ccc(O)cc2)c1-c1cc(F)c2c(c1C)CCCO2. The van der Waals surface area contributed by atoms with Crippen LogP contribution >= 0.6 is 0 Å². The molecule has 1 aliphatic rings. The topological polar surface area (TPSA) is 77.9 Å². The Kier molecular flexibility index (Phi) is 7.79. The number of phenols is 1. The summed E-state index contributed by atoms with van der Waals surface area (Å²) in [4.78, 5) is 18.2. The zero-order valence-corrected chi connectivity index (χ0v) is 23.2. The summed E-state index contributed by atoms with van der Waals surface area (Å²) in [5.74, 6) is -0.560. The van der Waals surface area contributed by atoms with Gasteiger partial charge in [-0.25, -0.2) is 9.18 Å². The zero-order chi connectivity index (χ0) is 27.8. The number of aromatic hydroxyl groups is 1. The number of carbonyl (C=O) groups is 1. The van der Waals surface area contributed by atoms with Crippen LogP contribution in [0.4, 0.5) is 4.39 Å². The molecule has 0 fully saturated rings. The van der Waals surface area contributed by atoms with Crippen LogP contribution in [-0.4, -0.2) is 34.9 Å². The first-order chi connectivity index (χ1) is 17.9. The normalized spacial score (nSPS) is 14.0. The van der Waals surface area contributed by atoms with Gasteiger partial charge in [0.15, 0.2) is 17.7 Å². The van der Waals surface area contributed by atoms with E-state index in [9.17, 15) is 9.90 Å². The van der Waals surface area contributed by atoms with E-state index in [0.717, 1.165) is 28.7 Å². The number of nitrogens with zero attached hydrogens (tertiary/aromatic N) is 1. The minimum atomic E-state index is -1.09. The van der Waals surface area contributed by atoms with E-state index in [1.54, 1.807) is 31.2 Å². The first-order valence-electron chi connectivity index (χ1n) is 13.0. The van der Waals surface area contributed by atoms with E-state index in [4.69, 9.17) is 19.2 Å². The molecule has 38 heavy (non-hydrogen) atoms. The van der Waals surface area contributed by atoms with E-state index in [1.807, 2.05) is 41.5 Å². The van der Waals surface area contributed by atoms with Gasteiger partial charge in [-0.3, -0.25) is 4.98 Å². The summed E-state index contributed by atoms with van der Waals surface area (Å²) >= 11 is 0. The molecule has 1 atom stereocenters. The Labute approximate surface area is 223 Å². The number of ether oxygens (including phenoxy) is 3. The van der Waals surface area contributed by atoms with Gasteiger partial charge in [0.25, 0.3) is 0 Å². The molecular formula is C31H36FNO5. The minimum Gasteiger partial charge on any atom is -0.508 e. The van der Waals surface area contributed by atoms with Gasteiger partial charge < -0.3 is 19.3 Å². The molecule has 0 spiro atoms. The first-order valence-corrected chi connectivity index (χ1v) is 13.0. The maximum Gasteiger partial charge on any atom is 0.340 e. The molecule has 7 heteroatoms. The van der Waals surface area contributed by atoms with Crippen molar-refractivity contribution in [2.24, 2.45) is 0 Å². The third-order valence-electron chi connectivity index (χ3n) is 6.70. The van der Waals surface area contributed by atoms with Crippen molar-refractivity contribution < 1.29 is 28.5 Å². The lowest BCUT2D eigenvalue weighted by molar-refractivity contribution is -0.166. The van der Waals surface area contributed by atoms with Gasteiger partial charge in [0, 0.05) is 28.1 Å². The minimum absolute atomic E-state index is 0.127. The first kappa shape index (κ1) is 27.6. The molecule has 2 heterocycles. The molecule has 0 saturated carbocycles. The molecule has 0 unspecified atom stereocenters. The lowest BCUT2D eigenvalue weighted by Crippen LogP contribution is -2.30. The standard InChI is InChI=1S/C31H36FNO5/c1-8-36-30(35)29(38-31(5,6)7)26-19(4)33-18(3)25(20-11-13-21(34)14-12-20)27(26)23-16-24(32)28-22(17(23)2)10-9-15-37-28/h11-14,16,29,34H,8-10,15H2,1-7H3/t29-/m0/s1. The van der Waals surface area contributed by atoms with Crippen molar-refractivity contribution in [1.82, 2.24) is 4.98 Å². The van der Waals surface area contributed by atoms with Crippen molar-refractivity contribution in [3.05, 3.63) is 64.2 Å². The highest BCUT2D eigenvalue weighted by molar-refractivity contribution is 5.93. The van der Waals surface area contributed by atoms with Crippen LogP contribution in [0.2, 0.25) is 0 Å². The van der Waals surface area contributed by atoms with Gasteiger partial charge in [-0.05, 0) is 102 Å². The second kappa shape index (κ2) is 10.7. The Morgan fingerprint density at radius 3 is 2.45 bits per heavy atom. The van der Waals surface area contributed by atoms with Gasteiger partial charge in [-0.15, -0.1) is 0 Å². The fourth-order valence-electron chi connectivity index (χ4n) is 5.16. The van der Waals surface area contributed by atoms with Crippen molar-refractivity contribution >= 4 is 5.97 Å². The summed E-state index contributed by atoms with van der Waals surface area (Å²) in [7, 11) is 0. The average molecular weight is 522 g/mol. The van der Waals surface area contributed by atoms with Crippen molar-refractivity contribution in [3.8, 4) is 33.8 Å². The Morgan fingerprint density at radius 2 is 1.82 bits per heavy atom. The van der Waals surface area contributed by atoms with Crippen LogP contribution < -0.4 is 4.74 Å². The third kappa shape index (κ3) is 5.39. The van der Waals surface area contributed by atoms with Crippen LogP contribution in [0.15, 0.2) is 30.3 Å². The number of aromatic nitrogens is 1. The third-order valence-corrected chi connectivity index (χ3v) is 6.70. The number of rotatable bonds is 6. The monoisotopic (exact) mass is 521 g/mol. The summed E-state index contributed by atoms with van der Waals surface area (Å²) in [5, 5.41) is 9.96. The molecule has 0 bridgehead atoms. The number of hydrogen-bond donors (Lipinski definition) is 1. The Hall–Kier alpha value is -3.45. The highest BCUT2D eigenvalue weighted by atomic mass is 19.1. The molecule has 0 saturated heterocycles. The molecule has 0 aliphatic carbocycles. The van der Waals surface area contributed by atoms with Crippen molar-refractivity contribution in [3.63, 3.8) is 0 Å². The molecule has 2 aromatic carbocycles. The van der Waals surface area contributed by atoms with Crippen molar-refractivity contribution in [2.75, 3.05) is 13.2 Å². The molecule has 1 aromatic heterocycles. The van der Waals surface area contributed by atoms with E-state index in [-0.39, 0.29) is 12.4 Å². The summed E-state index contributed by atoms with van der Waals surface area (Å²) in [6.07, 6.45) is 0.392. The van der Waals surface area contributed by atoms with Crippen LogP contribution in [0.1, 0.15) is 68.3 Å². The lowest BCUT2D eigenvalue weighted by atomic mass is 9.83. The van der Waals surface area contributed by atoms with E-state index >= 15 is 4.39 Å². The Bertz CT molecular complexity index is 1360. The van der Waals surface area contributed by atoms with E-state index < -0.39 is 23.5 Å². The van der Waals surface area contributed by atoms with Crippen LogP contribution in [-0.2, 0) is 20.7 Å². The molecule has 4 rings (SSSR count). The summed E-state index contributed by atoms with van der Waals surface area (Å²) in [6.45, 7) is 13.7. The number of hydrogen-bond acceptors (Lipinski definition) is 6. The van der Waals surface area contributed by atoms with Crippen LogP contribution in [0.3, 0.4) is 0 Å². The second-order valence-electron chi connectivity index (χ2n) is 10.6. The second-order valence-corrected chi connectivity index (χ2v) is 10.6. The quantitative estimate of drug-likeness (QED) is 0.355. The molecule has 202 valence electrons. The number of halogens is 1. The van der Waals surface area contributed by atoms with Crippen molar-refractivity contribution in [2.45, 2.75) is 73.0 Å². The van der Waals surface area contributed by atoms with E-state index in [1.165, 1.54) is 6.07 Å². The molecule has 1 aliphatic heterocycles. The summed E-state index contributed by atoms with van der Waals surface area (Å²) in [5.41, 5.74) is 5.66. The Balaban J connectivity index is 2.14. The van der Waals surface area contributed by atoms with Crippen LogP contribution in [0.25, 0.3) is 22.3 Å². The van der Waals surface area contributed by atoms with Gasteiger partial charge in [0.2, 0.25) is 0 Å². The number of phenolic OH excluding ortho intramolecular Hbond substituents is 1. The maximum atomic E-state index is 15.6. The molecule has 3 aromatic rings. The van der Waals surface area contributed by atoms with Gasteiger partial charge in [-0.1, -0.05) is 12.1 Å². The number of benzene rings is 2. The molecule has 0 radical (unpaired) electrons. The fourth-order valence-corrected chi connectivity index (χ4v) is 5.16. The van der Waals surface area contributed by atoms with Gasteiger partial charge >= 0.3 is 5.97 Å². The van der Waals surface area contributed by atoms with E-state index in [2.05, 4.69) is 0 Å². The number of esters is 1. The highest BCUT2D eigenvalue weighted by Crippen LogP contribution is 2.46. The zero-order valence-electron chi connectivity index (χ0n) is 23.2. The number of fused-ring (bicyclic) bond motifs is 1. The van der Waals surface area contributed by atoms with Crippen LogP contribution in [0.5, 0.6) is 11.5 Å². The average Bonchev–Trinajstić information content (AvgIpc) is 2.85. The van der Waals surface area contributed by atoms with Gasteiger partial charge in [0.1, 0.15) is 5.75 Å². The van der Waals surface area contributed by atoms with Gasteiger partial charge in [-0.2, -0.15) is 0 Å². The maximum absolute atomic E-state index is 15.6. The Morgan fingerprint density at radius 1 is 1.13 bits per heavy atom. The van der Waals surface area contributed by atoms with Gasteiger partial charge in [0.05, 0.1) is 18.8 Å². The largest absolute Gasteiger partial charge is 0.508 e. The molecule has 0 amide bonds. The summed E-state index contributed by atoms with van der Waals surface area (Å²) in [6, 6.07) is 8.26. The fraction of sp³-hybridized carbons (Fsp3) is 0.419. The van der Waals surface area contributed by atoms with Crippen LogP contribution in [0, 0.1) is 26.6 Å². The molecule has 6 nitrogen and oxygen atoms in total. The number of aryl methyl sites for hydroxylation is 2.